The molecule has 0 spiro atoms. The molecule has 4 unspecified atom stereocenters. The molecule has 1 N–H and O–H groups in total. The monoisotopic (exact) mass is 835 g/mol. The molecule has 2 heterocycles. The van der Waals surface area contributed by atoms with Crippen molar-refractivity contribution >= 4 is 15.8 Å². The molecular formula is C47H74N6O5S. The Balaban J connectivity index is 1.01. The summed E-state index contributed by atoms with van der Waals surface area (Å²) < 4.78 is 37.4. The van der Waals surface area contributed by atoms with Gasteiger partial charge in [0.15, 0.2) is 9.84 Å². The van der Waals surface area contributed by atoms with Crippen LogP contribution in [0.1, 0.15) is 126 Å². The van der Waals surface area contributed by atoms with Crippen molar-refractivity contribution in [2.45, 2.75) is 131 Å². The summed E-state index contributed by atoms with van der Waals surface area (Å²) in [5.41, 5.74) is 4.39. The molecule has 6 aliphatic carbocycles. The topological polar surface area (TPSA) is 129 Å². The summed E-state index contributed by atoms with van der Waals surface area (Å²) >= 11 is 0. The Morgan fingerprint density at radius 3 is 2.37 bits per heavy atom. The van der Waals surface area contributed by atoms with Gasteiger partial charge in [-0.3, -0.25) is 4.79 Å². The second-order valence-electron chi connectivity index (χ2n) is 21.6. The van der Waals surface area contributed by atoms with Gasteiger partial charge in [0.05, 0.1) is 18.1 Å². The van der Waals surface area contributed by atoms with Gasteiger partial charge >= 0.3 is 12.0 Å². The number of carbonyl (C=O) groups excluding carboxylic acids is 1. The first-order valence-electron chi connectivity index (χ1n) is 23.1. The van der Waals surface area contributed by atoms with E-state index in [2.05, 4.69) is 86.0 Å². The van der Waals surface area contributed by atoms with Gasteiger partial charge in [-0.2, -0.15) is 4.68 Å². The van der Waals surface area contributed by atoms with Gasteiger partial charge in [0.1, 0.15) is 12.0 Å². The van der Waals surface area contributed by atoms with Gasteiger partial charge in [-0.1, -0.05) is 64.0 Å². The number of fused-ring (bicyclic) bond motifs is 7. The maximum absolute atomic E-state index is 13.5. The predicted octanol–water partition coefficient (Wildman–Crippen LogP) is 7.52. The van der Waals surface area contributed by atoms with Crippen molar-refractivity contribution in [1.82, 2.24) is 30.4 Å². The van der Waals surface area contributed by atoms with Crippen LogP contribution >= 0.6 is 0 Å². The molecule has 5 fully saturated rings. The third-order valence-electron chi connectivity index (χ3n) is 18.7. The number of ether oxygens (including phenoxy) is 2. The highest BCUT2D eigenvalue weighted by atomic mass is 32.2. The van der Waals surface area contributed by atoms with Gasteiger partial charge in [0.2, 0.25) is 0 Å². The molecule has 0 amide bonds. The molecule has 7 aliphatic rings. The van der Waals surface area contributed by atoms with Gasteiger partial charge in [0.25, 0.3) is 0 Å². The Kier molecular flexibility index (Phi) is 11.2. The van der Waals surface area contributed by atoms with Gasteiger partial charge in [-0.05, 0) is 164 Å². The first-order valence-corrected chi connectivity index (χ1v) is 24.9. The van der Waals surface area contributed by atoms with Crippen LogP contribution in [0.5, 0.6) is 6.01 Å². The number of aryl methyl sites for hydroxylation is 1. The van der Waals surface area contributed by atoms with Gasteiger partial charge < -0.3 is 19.7 Å². The summed E-state index contributed by atoms with van der Waals surface area (Å²) in [5.74, 6) is 3.45. The highest BCUT2D eigenvalue weighted by molar-refractivity contribution is 7.91. The third-order valence-corrected chi connectivity index (χ3v) is 20.3. The molecule has 1 aliphatic heterocycles. The molecule has 0 radical (unpaired) electrons. The van der Waals surface area contributed by atoms with Crippen molar-refractivity contribution in [2.24, 2.45) is 63.7 Å². The number of esters is 1. The van der Waals surface area contributed by atoms with E-state index in [1.165, 1.54) is 72.8 Å². The number of nitrogens with zero attached hydrogens (tertiary/aromatic N) is 5. The van der Waals surface area contributed by atoms with Crippen LogP contribution in [0.4, 0.5) is 0 Å². The lowest BCUT2D eigenvalue weighted by Gasteiger charge is -2.72. The van der Waals surface area contributed by atoms with Crippen molar-refractivity contribution in [3.8, 4) is 6.01 Å². The number of rotatable bonds is 11. The summed E-state index contributed by atoms with van der Waals surface area (Å²) in [4.78, 5) is 15.9. The number of tetrazole rings is 1. The Bertz CT molecular complexity index is 1960. The molecule has 0 aromatic carbocycles. The molecule has 59 heavy (non-hydrogen) atoms. The van der Waals surface area contributed by atoms with E-state index in [4.69, 9.17) is 9.47 Å². The van der Waals surface area contributed by atoms with E-state index in [1.807, 2.05) is 6.92 Å². The lowest BCUT2D eigenvalue weighted by Crippen LogP contribution is -2.68. The lowest BCUT2D eigenvalue weighted by atomic mass is 9.33. The number of sulfone groups is 1. The summed E-state index contributed by atoms with van der Waals surface area (Å²) in [6.07, 6.45) is 18.2. The Morgan fingerprint density at radius 1 is 0.949 bits per heavy atom. The molecule has 10 atom stereocenters. The van der Waals surface area contributed by atoms with Crippen molar-refractivity contribution in [3.63, 3.8) is 0 Å². The Labute approximate surface area is 354 Å². The first-order chi connectivity index (χ1) is 27.8. The maximum Gasteiger partial charge on any atom is 0.335 e. The number of nitrogens with one attached hydrogen (secondary N) is 1. The van der Waals surface area contributed by atoms with Crippen LogP contribution in [-0.2, 0) is 26.4 Å². The summed E-state index contributed by atoms with van der Waals surface area (Å²) in [6, 6.07) is 0.306. The molecule has 4 saturated carbocycles. The van der Waals surface area contributed by atoms with Gasteiger partial charge in [-0.15, -0.1) is 0 Å². The largest absolute Gasteiger partial charge is 0.465 e. The van der Waals surface area contributed by atoms with E-state index < -0.39 is 15.3 Å². The van der Waals surface area contributed by atoms with E-state index >= 15 is 0 Å². The molecule has 1 aromatic rings. The molecular weight excluding hydrogens is 761 g/mol. The summed E-state index contributed by atoms with van der Waals surface area (Å²) in [6.45, 7) is 25.6. The van der Waals surface area contributed by atoms with Crippen LogP contribution in [-0.4, -0.2) is 95.9 Å². The molecule has 12 heteroatoms. The number of allylic oxidation sites excluding steroid dienone is 5. The average molecular weight is 835 g/mol. The standard InChI is InChI=1S/C47H74N6O5S/c1-10-57-40(54)46(31-58-41-49-50-51-52(41)9)20-13-33(14-21-46)35-16-18-43(6)37(42(35,4)5)17-19-45(8)38(43)12-11-36-39-34(32(2)3)15-22-47(39,24-23-44(36,45)7)48-25-26-53-27-29-59(55,56)30-28-53/h13,16,34,36-39,48H,2,10-12,14-15,17-31H2,1,3-9H3/t34-,36+,37?,38?,39?,43-,44+,45+,46?,47-/m0/s1. The zero-order valence-electron chi connectivity index (χ0n) is 37.6. The maximum atomic E-state index is 13.5. The van der Waals surface area contributed by atoms with E-state index in [-0.39, 0.29) is 39.8 Å². The van der Waals surface area contributed by atoms with Crippen molar-refractivity contribution in [3.05, 3.63) is 35.5 Å². The van der Waals surface area contributed by atoms with E-state index in [9.17, 15) is 13.2 Å². The Morgan fingerprint density at radius 2 is 1.71 bits per heavy atom. The third kappa shape index (κ3) is 6.99. The van der Waals surface area contributed by atoms with Crippen LogP contribution in [0.2, 0.25) is 0 Å². The van der Waals surface area contributed by atoms with Crippen LogP contribution < -0.4 is 10.1 Å². The number of aromatic nitrogens is 4. The fourth-order valence-corrected chi connectivity index (χ4v) is 16.7. The van der Waals surface area contributed by atoms with Gasteiger partial charge in [-0.25, -0.2) is 8.42 Å². The van der Waals surface area contributed by atoms with Crippen molar-refractivity contribution < 1.29 is 22.7 Å². The SMILES string of the molecule is C=C(C)[C@@H]1CC[C@]2(NCCN3CCS(=O)(=O)CC3)CC[C@]3(C)[C@H](CCC4[C@@]5(C)CC=C(C6=CCC(COc7nnnn7C)(C(=O)OCC)CC6)C(C)(C)C5CC[C@]43C)C12. The van der Waals surface area contributed by atoms with Crippen LogP contribution in [0.25, 0.3) is 0 Å². The fraction of sp³-hybridized carbons (Fsp3) is 0.830. The zero-order chi connectivity index (χ0) is 42.2. The highest BCUT2D eigenvalue weighted by Crippen LogP contribution is 2.76. The molecule has 328 valence electrons. The minimum absolute atomic E-state index is 0.0172. The zero-order valence-corrected chi connectivity index (χ0v) is 38.4. The molecule has 11 nitrogen and oxygen atoms in total. The number of hydrogen-bond acceptors (Lipinski definition) is 10. The quantitative estimate of drug-likeness (QED) is 0.177. The number of hydrogen-bond donors (Lipinski definition) is 1. The lowest BCUT2D eigenvalue weighted by molar-refractivity contribution is -0.221. The summed E-state index contributed by atoms with van der Waals surface area (Å²) in [5, 5.41) is 15.8. The second-order valence-corrected chi connectivity index (χ2v) is 23.9. The molecule has 1 aromatic heterocycles. The summed E-state index contributed by atoms with van der Waals surface area (Å²) in [7, 11) is -1.14. The fourth-order valence-electron chi connectivity index (χ4n) is 15.4. The van der Waals surface area contributed by atoms with Crippen LogP contribution in [0.15, 0.2) is 35.5 Å². The number of carbonyl (C=O) groups is 1. The second kappa shape index (κ2) is 15.4. The van der Waals surface area contributed by atoms with Crippen LogP contribution in [0, 0.1) is 56.7 Å². The minimum atomic E-state index is -2.87. The van der Waals surface area contributed by atoms with Crippen molar-refractivity contribution in [1.29, 1.82) is 0 Å². The molecule has 0 bridgehead atoms. The van der Waals surface area contributed by atoms with E-state index in [0.717, 1.165) is 25.9 Å². The Hall–Kier alpha value is -2.57. The normalized spacial score (nSPS) is 41.3. The van der Waals surface area contributed by atoms with Crippen LogP contribution in [0.3, 0.4) is 0 Å². The average Bonchev–Trinajstić information content (AvgIpc) is 3.78. The first kappa shape index (κ1) is 43.1. The van der Waals surface area contributed by atoms with E-state index in [0.29, 0.717) is 79.6 Å². The molecule has 1 saturated heterocycles. The minimum Gasteiger partial charge on any atom is -0.465 e. The highest BCUT2D eigenvalue weighted by Gasteiger charge is 2.70. The van der Waals surface area contributed by atoms with Gasteiger partial charge in [0, 0.05) is 38.8 Å². The predicted molar refractivity (Wildman–Crippen MR) is 231 cm³/mol. The van der Waals surface area contributed by atoms with Crippen molar-refractivity contribution in [2.75, 3.05) is 50.9 Å². The van der Waals surface area contributed by atoms with E-state index in [1.54, 1.807) is 7.05 Å². The molecule has 8 rings (SSSR count). The smallest absolute Gasteiger partial charge is 0.335 e.